The summed E-state index contributed by atoms with van der Waals surface area (Å²) in [6.45, 7) is 2.84. The predicted molar refractivity (Wildman–Crippen MR) is 60.7 cm³/mol. The Labute approximate surface area is 102 Å². The van der Waals surface area contributed by atoms with Crippen molar-refractivity contribution in [1.82, 2.24) is 9.78 Å². The molecule has 1 aliphatic rings. The first-order chi connectivity index (χ1) is 8.41. The van der Waals surface area contributed by atoms with Crippen LogP contribution >= 0.6 is 0 Å². The second-order valence-corrected chi connectivity index (χ2v) is 3.99. The van der Waals surface area contributed by atoms with Crippen molar-refractivity contribution >= 4 is 23.5 Å². The van der Waals surface area contributed by atoms with Crippen molar-refractivity contribution in [3.63, 3.8) is 0 Å². The van der Waals surface area contributed by atoms with Gasteiger partial charge in [-0.15, -0.1) is 0 Å². The monoisotopic (exact) mass is 249 g/mol. The van der Waals surface area contributed by atoms with Gasteiger partial charge in [-0.25, -0.2) is 4.90 Å². The molecule has 1 aliphatic heterocycles. The number of carboxylic acids is 1. The first kappa shape index (κ1) is 12.0. The van der Waals surface area contributed by atoms with Gasteiger partial charge in [0, 0.05) is 17.3 Å². The summed E-state index contributed by atoms with van der Waals surface area (Å²) in [7, 11) is 0. The van der Waals surface area contributed by atoms with Gasteiger partial charge in [-0.05, 0) is 13.8 Å². The molecule has 18 heavy (non-hydrogen) atoms. The maximum atomic E-state index is 11.9. The Morgan fingerprint density at radius 3 is 2.33 bits per heavy atom. The third-order valence-electron chi connectivity index (χ3n) is 2.79. The van der Waals surface area contributed by atoms with Crippen LogP contribution in [0.1, 0.15) is 13.8 Å². The topological polar surface area (TPSA) is 92.5 Å². The van der Waals surface area contributed by atoms with Crippen molar-refractivity contribution in [2.24, 2.45) is 0 Å². The summed E-state index contributed by atoms with van der Waals surface area (Å²) in [6.07, 6.45) is 2.65. The Morgan fingerprint density at radius 1 is 1.28 bits per heavy atom. The van der Waals surface area contributed by atoms with Crippen LogP contribution in [0, 0.1) is 0 Å². The summed E-state index contributed by atoms with van der Waals surface area (Å²) in [4.78, 5) is 35.2. The number of carboxylic acid groups (broad SMARTS) is 1. The molecular formula is C11H11N3O4. The highest BCUT2D eigenvalue weighted by atomic mass is 16.4. The Morgan fingerprint density at radius 2 is 1.83 bits per heavy atom. The Kier molecular flexibility index (Phi) is 2.74. The van der Waals surface area contributed by atoms with Crippen LogP contribution in [-0.4, -0.2) is 32.7 Å². The maximum absolute atomic E-state index is 11.9. The van der Waals surface area contributed by atoms with Crippen molar-refractivity contribution in [2.45, 2.75) is 20.4 Å². The molecule has 1 aromatic rings. The number of aliphatic carboxylic acids is 1. The van der Waals surface area contributed by atoms with Crippen LogP contribution in [0.3, 0.4) is 0 Å². The van der Waals surface area contributed by atoms with E-state index in [4.69, 9.17) is 5.11 Å². The summed E-state index contributed by atoms with van der Waals surface area (Å²) < 4.78 is 1.15. The molecule has 94 valence electrons. The molecule has 1 N–H and O–H groups in total. The van der Waals surface area contributed by atoms with E-state index in [1.165, 1.54) is 12.4 Å². The number of nitrogens with zero attached hydrogens (tertiary/aromatic N) is 3. The number of anilines is 1. The molecule has 0 aliphatic carbocycles. The van der Waals surface area contributed by atoms with Crippen molar-refractivity contribution in [2.75, 3.05) is 4.90 Å². The Hall–Kier alpha value is -2.44. The highest BCUT2D eigenvalue weighted by molar-refractivity contribution is 6.32. The molecule has 2 rings (SSSR count). The summed E-state index contributed by atoms with van der Waals surface area (Å²) in [5.74, 6) is -1.84. The van der Waals surface area contributed by atoms with E-state index in [1.807, 2.05) is 0 Å². The number of hydrogen-bond acceptors (Lipinski definition) is 4. The zero-order chi connectivity index (χ0) is 13.4. The number of rotatable bonds is 3. The fraction of sp³-hybridized carbons (Fsp3) is 0.273. The van der Waals surface area contributed by atoms with Crippen LogP contribution in [0.5, 0.6) is 0 Å². The fourth-order valence-electron chi connectivity index (χ4n) is 1.68. The molecule has 0 spiro atoms. The lowest BCUT2D eigenvalue weighted by Gasteiger charge is -2.11. The first-order valence-electron chi connectivity index (χ1n) is 5.22. The van der Waals surface area contributed by atoms with Gasteiger partial charge in [-0.1, -0.05) is 0 Å². The van der Waals surface area contributed by atoms with Gasteiger partial charge in [0.05, 0.1) is 11.9 Å². The van der Waals surface area contributed by atoms with Crippen LogP contribution in [0.25, 0.3) is 0 Å². The molecule has 0 atom stereocenters. The second-order valence-electron chi connectivity index (χ2n) is 3.99. The van der Waals surface area contributed by atoms with E-state index >= 15 is 0 Å². The van der Waals surface area contributed by atoms with Crippen LogP contribution in [0.15, 0.2) is 23.5 Å². The minimum absolute atomic E-state index is 0.280. The van der Waals surface area contributed by atoms with E-state index in [2.05, 4.69) is 5.10 Å². The molecule has 2 heterocycles. The highest BCUT2D eigenvalue weighted by Gasteiger charge is 2.35. The lowest BCUT2D eigenvalue weighted by Crippen LogP contribution is -2.30. The number of imide groups is 1. The zero-order valence-corrected chi connectivity index (χ0v) is 9.88. The van der Waals surface area contributed by atoms with E-state index in [-0.39, 0.29) is 12.2 Å². The van der Waals surface area contributed by atoms with Gasteiger partial charge < -0.3 is 5.11 Å². The van der Waals surface area contributed by atoms with Gasteiger partial charge >= 0.3 is 5.97 Å². The van der Waals surface area contributed by atoms with Gasteiger partial charge in [0.15, 0.2) is 0 Å². The van der Waals surface area contributed by atoms with E-state index in [1.54, 1.807) is 13.8 Å². The summed E-state index contributed by atoms with van der Waals surface area (Å²) >= 11 is 0. The minimum Gasteiger partial charge on any atom is -0.480 e. The van der Waals surface area contributed by atoms with Crippen LogP contribution in [-0.2, 0) is 20.9 Å². The van der Waals surface area contributed by atoms with Crippen LogP contribution < -0.4 is 4.90 Å². The maximum Gasteiger partial charge on any atom is 0.325 e. The smallest absolute Gasteiger partial charge is 0.325 e. The molecule has 0 saturated heterocycles. The number of aromatic nitrogens is 2. The first-order valence-corrected chi connectivity index (χ1v) is 5.22. The van der Waals surface area contributed by atoms with E-state index < -0.39 is 17.8 Å². The largest absolute Gasteiger partial charge is 0.480 e. The third-order valence-corrected chi connectivity index (χ3v) is 2.79. The van der Waals surface area contributed by atoms with E-state index in [9.17, 15) is 14.4 Å². The molecule has 0 radical (unpaired) electrons. The zero-order valence-electron chi connectivity index (χ0n) is 9.88. The molecule has 0 fully saturated rings. The van der Waals surface area contributed by atoms with E-state index in [0.29, 0.717) is 11.1 Å². The second kappa shape index (κ2) is 4.10. The van der Waals surface area contributed by atoms with Crippen LogP contribution in [0.2, 0.25) is 0 Å². The van der Waals surface area contributed by atoms with Crippen molar-refractivity contribution in [1.29, 1.82) is 0 Å². The third kappa shape index (κ3) is 1.79. The molecular weight excluding hydrogens is 238 g/mol. The molecule has 0 aromatic carbocycles. The van der Waals surface area contributed by atoms with Crippen molar-refractivity contribution in [3.05, 3.63) is 23.5 Å². The molecule has 7 heteroatoms. The van der Waals surface area contributed by atoms with Gasteiger partial charge in [0.25, 0.3) is 11.8 Å². The fourth-order valence-corrected chi connectivity index (χ4v) is 1.68. The van der Waals surface area contributed by atoms with Crippen LogP contribution in [0.4, 0.5) is 5.69 Å². The molecule has 7 nitrogen and oxygen atoms in total. The number of amides is 2. The summed E-state index contributed by atoms with van der Waals surface area (Å²) in [5, 5.41) is 12.4. The molecule has 0 unspecified atom stereocenters. The van der Waals surface area contributed by atoms with Gasteiger partial charge in [0.1, 0.15) is 6.54 Å². The standard InChI is InChI=1S/C11H11N3O4/c1-6-7(2)11(18)14(10(6)17)8-3-12-13(4-8)5-9(15)16/h3-4H,5H2,1-2H3,(H,15,16). The normalized spacial score (nSPS) is 15.8. The minimum atomic E-state index is -1.05. The lowest BCUT2D eigenvalue weighted by atomic mass is 10.2. The summed E-state index contributed by atoms with van der Waals surface area (Å²) in [6, 6.07) is 0. The SMILES string of the molecule is CC1=C(C)C(=O)N(c2cnn(CC(=O)O)c2)C1=O. The highest BCUT2D eigenvalue weighted by Crippen LogP contribution is 2.25. The molecule has 1 aromatic heterocycles. The lowest BCUT2D eigenvalue weighted by molar-refractivity contribution is -0.137. The number of hydrogen-bond donors (Lipinski definition) is 1. The van der Waals surface area contributed by atoms with E-state index in [0.717, 1.165) is 9.58 Å². The number of carbonyl (C=O) groups excluding carboxylic acids is 2. The van der Waals surface area contributed by atoms with Crippen molar-refractivity contribution < 1.29 is 19.5 Å². The Bertz CT molecular complexity index is 561. The van der Waals surface area contributed by atoms with Gasteiger partial charge in [-0.2, -0.15) is 5.10 Å². The quantitative estimate of drug-likeness (QED) is 0.771. The van der Waals surface area contributed by atoms with Gasteiger partial charge in [0.2, 0.25) is 0 Å². The van der Waals surface area contributed by atoms with Crippen molar-refractivity contribution in [3.8, 4) is 0 Å². The average Bonchev–Trinajstić information content (AvgIpc) is 2.80. The number of carbonyl (C=O) groups is 3. The molecule has 0 bridgehead atoms. The molecule has 0 saturated carbocycles. The van der Waals surface area contributed by atoms with Gasteiger partial charge in [-0.3, -0.25) is 19.1 Å². The average molecular weight is 249 g/mol. The Balaban J connectivity index is 2.29. The molecule has 2 amide bonds. The summed E-state index contributed by atoms with van der Waals surface area (Å²) in [5.41, 5.74) is 1.07. The predicted octanol–water partition coefficient (Wildman–Crippen LogP) is 0.177.